The number of rotatable bonds is 14. The van der Waals surface area contributed by atoms with Gasteiger partial charge in [-0.2, -0.15) is 57.1 Å². The van der Waals surface area contributed by atoms with Crippen molar-refractivity contribution in [3.05, 3.63) is 0 Å². The molecule has 0 heterocycles. The van der Waals surface area contributed by atoms with E-state index in [2.05, 4.69) is 4.74 Å². The molecule has 0 aliphatic rings. The number of alkyl halides is 13. The van der Waals surface area contributed by atoms with Gasteiger partial charge < -0.3 is 23.3 Å². The summed E-state index contributed by atoms with van der Waals surface area (Å²) in [6.07, 6.45) is -10.3. The lowest BCUT2D eigenvalue weighted by Crippen LogP contribution is -2.70. The molecule has 0 saturated heterocycles. The van der Waals surface area contributed by atoms with Crippen LogP contribution in [-0.4, -0.2) is 83.3 Å². The average molecular weight is 569 g/mol. The van der Waals surface area contributed by atoms with Crippen LogP contribution in [0.15, 0.2) is 0 Å². The maximum absolute atomic E-state index is 13.6. The highest BCUT2D eigenvalue weighted by Gasteiger charge is 2.90. The van der Waals surface area contributed by atoms with Crippen LogP contribution in [0.25, 0.3) is 0 Å². The first-order chi connectivity index (χ1) is 15.5. The van der Waals surface area contributed by atoms with Crippen molar-refractivity contribution in [2.24, 2.45) is 0 Å². The molecule has 210 valence electrons. The maximum Gasteiger partial charge on any atom is 0.521 e. The molecule has 0 aromatic carbocycles. The van der Waals surface area contributed by atoms with Crippen molar-refractivity contribution in [3.63, 3.8) is 0 Å². The summed E-state index contributed by atoms with van der Waals surface area (Å²) in [7, 11) is -3.72. The van der Waals surface area contributed by atoms with Gasteiger partial charge in [-0.3, -0.25) is 0 Å². The highest BCUT2D eigenvalue weighted by atomic mass is 28.4. The number of ether oxygens (including phenoxy) is 1. The van der Waals surface area contributed by atoms with E-state index in [0.717, 1.165) is 0 Å². The van der Waals surface area contributed by atoms with Crippen LogP contribution in [0.1, 0.15) is 20.8 Å². The van der Waals surface area contributed by atoms with Gasteiger partial charge in [0.1, 0.15) is 0 Å². The molecule has 0 aliphatic carbocycles. The first-order valence-corrected chi connectivity index (χ1v) is 11.2. The fourth-order valence-electron chi connectivity index (χ4n) is 2.22. The zero-order chi connectivity index (χ0) is 28.1. The van der Waals surface area contributed by atoms with E-state index in [9.17, 15) is 61.9 Å². The Labute approximate surface area is 190 Å². The number of nitrogens with one attached hydrogen (secondary N) is 1. The van der Waals surface area contributed by atoms with E-state index in [4.69, 9.17) is 13.3 Å². The van der Waals surface area contributed by atoms with Crippen LogP contribution in [0.3, 0.4) is 0 Å². The number of alkyl carbamates (subject to hydrolysis) is 1. The molecule has 0 saturated carbocycles. The monoisotopic (exact) mass is 569 g/mol. The van der Waals surface area contributed by atoms with Gasteiger partial charge in [0.2, 0.25) is 0 Å². The van der Waals surface area contributed by atoms with Crippen molar-refractivity contribution in [3.8, 4) is 0 Å². The first-order valence-electron chi connectivity index (χ1n) is 9.31. The zero-order valence-electron chi connectivity index (χ0n) is 18.0. The normalized spacial score (nSPS) is 14.7. The third-order valence-corrected chi connectivity index (χ3v) is 6.72. The van der Waals surface area contributed by atoms with E-state index in [1.807, 2.05) is 0 Å². The summed E-state index contributed by atoms with van der Waals surface area (Å²) in [5.41, 5.74) is 0. The van der Waals surface area contributed by atoms with Crippen molar-refractivity contribution >= 4 is 14.9 Å². The Bertz CT molecular complexity index is 688. The first kappa shape index (κ1) is 33.5. The smallest absolute Gasteiger partial charge is 0.443 e. The molecule has 0 rings (SSSR count). The predicted octanol–water partition coefficient (Wildman–Crippen LogP) is 5.04. The molecule has 0 radical (unpaired) electrons. The van der Waals surface area contributed by atoms with Crippen molar-refractivity contribution in [2.75, 3.05) is 32.6 Å². The van der Waals surface area contributed by atoms with E-state index in [0.29, 0.717) is 0 Å². The Kier molecular flexibility index (Phi) is 10.7. The summed E-state index contributed by atoms with van der Waals surface area (Å²) >= 11 is 0. The molecule has 1 N–H and O–H groups in total. The van der Waals surface area contributed by atoms with Gasteiger partial charge in [-0.05, 0) is 20.8 Å². The molecule has 1 amide bonds. The van der Waals surface area contributed by atoms with Gasteiger partial charge in [0.05, 0.1) is 6.17 Å². The van der Waals surface area contributed by atoms with Crippen LogP contribution < -0.4 is 5.32 Å². The quantitative estimate of drug-likeness (QED) is 0.235. The Hall–Kier alpha value is -1.54. The van der Waals surface area contributed by atoms with Crippen LogP contribution in [0, 0.1) is 0 Å². The number of hydrogen-bond acceptors (Lipinski definition) is 5. The maximum atomic E-state index is 13.6. The van der Waals surface area contributed by atoms with Gasteiger partial charge in [0.15, 0.2) is 6.61 Å². The van der Waals surface area contributed by atoms with Crippen molar-refractivity contribution < 1.29 is 79.9 Å². The second kappa shape index (κ2) is 11.2. The number of hydrogen-bond donors (Lipinski definition) is 1. The molecule has 35 heavy (non-hydrogen) atoms. The van der Waals surface area contributed by atoms with Crippen molar-refractivity contribution in [2.45, 2.75) is 56.6 Å². The lowest BCUT2D eigenvalue weighted by Gasteiger charge is -2.39. The zero-order valence-corrected chi connectivity index (χ0v) is 19.0. The molecule has 0 unspecified atom stereocenters. The third kappa shape index (κ3) is 6.62. The van der Waals surface area contributed by atoms with Gasteiger partial charge >= 0.3 is 50.7 Å². The average Bonchev–Trinajstić information content (AvgIpc) is 2.70. The second-order valence-electron chi connectivity index (χ2n) is 6.41. The largest absolute Gasteiger partial charge is 0.521 e. The summed E-state index contributed by atoms with van der Waals surface area (Å²) in [5.74, 6) is -38.0. The van der Waals surface area contributed by atoms with E-state index in [1.54, 1.807) is 5.32 Å². The van der Waals surface area contributed by atoms with Crippen LogP contribution in [0.5, 0.6) is 0 Å². The van der Waals surface area contributed by atoms with E-state index < -0.39 is 63.5 Å². The van der Waals surface area contributed by atoms with E-state index in [-0.39, 0.29) is 19.8 Å². The summed E-state index contributed by atoms with van der Waals surface area (Å²) in [4.78, 5) is 11.6. The molecule has 0 aliphatic heterocycles. The summed E-state index contributed by atoms with van der Waals surface area (Å²) < 4.78 is 189. The molecule has 0 aromatic rings. The second-order valence-corrected chi connectivity index (χ2v) is 9.00. The van der Waals surface area contributed by atoms with Crippen LogP contribution in [0.4, 0.5) is 61.9 Å². The molecule has 0 atom stereocenters. The minimum absolute atomic E-state index is 0.0565. The summed E-state index contributed by atoms with van der Waals surface area (Å²) in [6, 6.07) is 0. The molecule has 0 aromatic heterocycles. The minimum atomic E-state index is -8.04. The third-order valence-electron chi connectivity index (χ3n) is 3.92. The molecular formula is C15H20F13NO5Si. The van der Waals surface area contributed by atoms with Gasteiger partial charge in [-0.25, -0.2) is 4.79 Å². The number of halogens is 13. The van der Waals surface area contributed by atoms with Crippen LogP contribution >= 0.6 is 0 Å². The lowest BCUT2D eigenvalue weighted by atomic mass is 9.94. The van der Waals surface area contributed by atoms with E-state index in [1.165, 1.54) is 20.8 Å². The molecule has 0 fully saturated rings. The van der Waals surface area contributed by atoms with Crippen LogP contribution in [-0.2, 0) is 18.0 Å². The molecule has 20 heteroatoms. The minimum Gasteiger partial charge on any atom is -0.443 e. The van der Waals surface area contributed by atoms with Gasteiger partial charge in [0.25, 0.3) is 0 Å². The fraction of sp³-hybridized carbons (Fsp3) is 0.933. The number of amides is 1. The van der Waals surface area contributed by atoms with E-state index >= 15 is 0 Å². The Morgan fingerprint density at radius 2 is 1.03 bits per heavy atom. The van der Waals surface area contributed by atoms with Gasteiger partial charge in [-0.15, -0.1) is 0 Å². The van der Waals surface area contributed by atoms with Gasteiger partial charge in [-0.1, -0.05) is 0 Å². The summed E-state index contributed by atoms with van der Waals surface area (Å²) in [5, 5.41) is 1.66. The number of carbonyl (C=O) groups is 1. The lowest BCUT2D eigenvalue weighted by molar-refractivity contribution is -0.440. The fourth-order valence-corrected chi connectivity index (χ4v) is 4.45. The molecule has 6 nitrogen and oxygen atoms in total. The van der Waals surface area contributed by atoms with Crippen molar-refractivity contribution in [1.82, 2.24) is 5.32 Å². The van der Waals surface area contributed by atoms with Crippen LogP contribution in [0.2, 0.25) is 0 Å². The Balaban J connectivity index is 5.64. The predicted molar refractivity (Wildman–Crippen MR) is 90.8 cm³/mol. The highest BCUT2D eigenvalue weighted by Crippen LogP contribution is 2.60. The SMILES string of the molecule is CCO[Si](CNC(=O)OCC(F)(F)C(F)(F)C(F)(F)C(F)(F)C(F)(F)C(F)(F)F)(OCC)OCC. The Morgan fingerprint density at radius 3 is 1.37 bits per heavy atom. The molecule has 0 spiro atoms. The summed E-state index contributed by atoms with van der Waals surface area (Å²) in [6.45, 7) is 1.08. The highest BCUT2D eigenvalue weighted by molar-refractivity contribution is 6.61. The molecular weight excluding hydrogens is 549 g/mol. The Morgan fingerprint density at radius 1 is 0.657 bits per heavy atom. The standard InChI is InChI=1S/C15H20F13NO5Si/c1-4-32-35(33-5-2,34-6-3)8-29-9(30)31-7-10(16,17)11(18,19)12(20,21)13(22,23)14(24,25)15(26,27)28/h4-8H2,1-3H3,(H,29,30). The topological polar surface area (TPSA) is 66.0 Å². The molecule has 0 bridgehead atoms. The number of carbonyl (C=O) groups excluding carboxylic acids is 1. The van der Waals surface area contributed by atoms with Crippen molar-refractivity contribution in [1.29, 1.82) is 0 Å². The van der Waals surface area contributed by atoms with Gasteiger partial charge in [0, 0.05) is 19.8 Å².